The van der Waals surface area contributed by atoms with Gasteiger partial charge >= 0.3 is 17.9 Å². The Balaban J connectivity index is 2.42. The van der Waals surface area contributed by atoms with Crippen LogP contribution in [0.15, 0.2) is 36.0 Å². The standard InChI is InChI=1S/C14H16O6/c1-9(2)13(17)19-7-8-20-14(18)11-6-4-3-5-10(11)12(15)16/h3-5,11H,1,6-8H2,2H3,(H,15,16). The highest BCUT2D eigenvalue weighted by Gasteiger charge is 2.29. The highest BCUT2D eigenvalue weighted by Crippen LogP contribution is 2.22. The Hall–Kier alpha value is -2.37. The average Bonchev–Trinajstić information content (AvgIpc) is 2.42. The van der Waals surface area contributed by atoms with Crippen molar-refractivity contribution >= 4 is 17.9 Å². The van der Waals surface area contributed by atoms with Crippen LogP contribution in [0.2, 0.25) is 0 Å². The van der Waals surface area contributed by atoms with E-state index in [9.17, 15) is 14.4 Å². The number of esters is 2. The Kier molecular flexibility index (Phi) is 5.71. The maximum atomic E-state index is 11.8. The SMILES string of the molecule is C=C(C)C(=O)OCCOC(=O)C1CC=CC=C1C(=O)O. The number of carbonyl (C=O) groups is 3. The molecule has 0 aromatic carbocycles. The maximum Gasteiger partial charge on any atom is 0.333 e. The largest absolute Gasteiger partial charge is 0.478 e. The molecule has 0 aromatic rings. The second-order valence-corrected chi connectivity index (χ2v) is 4.23. The lowest BCUT2D eigenvalue weighted by atomic mass is 9.92. The first kappa shape index (κ1) is 15.7. The summed E-state index contributed by atoms with van der Waals surface area (Å²) in [5.74, 6) is -3.18. The van der Waals surface area contributed by atoms with Crippen molar-refractivity contribution in [2.24, 2.45) is 5.92 Å². The number of hydrogen-bond donors (Lipinski definition) is 1. The van der Waals surface area contributed by atoms with E-state index in [4.69, 9.17) is 14.6 Å². The molecule has 0 saturated heterocycles. The topological polar surface area (TPSA) is 89.9 Å². The summed E-state index contributed by atoms with van der Waals surface area (Å²) in [6.45, 7) is 4.70. The summed E-state index contributed by atoms with van der Waals surface area (Å²) in [7, 11) is 0. The Morgan fingerprint density at radius 2 is 2.00 bits per heavy atom. The molecule has 6 heteroatoms. The van der Waals surface area contributed by atoms with Crippen molar-refractivity contribution in [3.8, 4) is 0 Å². The first-order chi connectivity index (χ1) is 9.43. The predicted octanol–water partition coefficient (Wildman–Crippen LogP) is 1.24. The number of rotatable bonds is 6. The van der Waals surface area contributed by atoms with Gasteiger partial charge < -0.3 is 14.6 Å². The highest BCUT2D eigenvalue weighted by molar-refractivity contribution is 5.95. The molecule has 20 heavy (non-hydrogen) atoms. The molecule has 0 aromatic heterocycles. The molecule has 1 aliphatic rings. The van der Waals surface area contributed by atoms with Crippen LogP contribution in [0.3, 0.4) is 0 Å². The Bertz CT molecular complexity index is 486. The van der Waals surface area contributed by atoms with Gasteiger partial charge in [-0.25, -0.2) is 9.59 Å². The van der Waals surface area contributed by atoms with Gasteiger partial charge in [0.05, 0.1) is 11.5 Å². The van der Waals surface area contributed by atoms with Gasteiger partial charge in [-0.05, 0) is 13.3 Å². The van der Waals surface area contributed by atoms with E-state index in [2.05, 4.69) is 6.58 Å². The number of carbonyl (C=O) groups excluding carboxylic acids is 2. The zero-order chi connectivity index (χ0) is 15.1. The molecule has 0 amide bonds. The molecule has 108 valence electrons. The molecule has 0 radical (unpaired) electrons. The number of aliphatic carboxylic acids is 1. The van der Waals surface area contributed by atoms with E-state index in [1.165, 1.54) is 13.0 Å². The third kappa shape index (κ3) is 4.38. The maximum absolute atomic E-state index is 11.8. The summed E-state index contributed by atoms with van der Waals surface area (Å²) in [6, 6.07) is 0. The van der Waals surface area contributed by atoms with Crippen LogP contribution in [0.5, 0.6) is 0 Å². The van der Waals surface area contributed by atoms with E-state index in [-0.39, 0.29) is 30.8 Å². The fraction of sp³-hybridized carbons (Fsp3) is 0.357. The number of hydrogen-bond acceptors (Lipinski definition) is 5. The molecule has 6 nitrogen and oxygen atoms in total. The summed E-state index contributed by atoms with van der Waals surface area (Å²) in [4.78, 5) is 33.8. The molecule has 1 rings (SSSR count). The minimum Gasteiger partial charge on any atom is -0.478 e. The predicted molar refractivity (Wildman–Crippen MR) is 69.7 cm³/mol. The van der Waals surface area contributed by atoms with E-state index in [0.717, 1.165) is 0 Å². The summed E-state index contributed by atoms with van der Waals surface area (Å²) >= 11 is 0. The summed E-state index contributed by atoms with van der Waals surface area (Å²) in [6.07, 6.45) is 4.93. The number of carboxylic acids is 1. The molecule has 0 saturated carbocycles. The highest BCUT2D eigenvalue weighted by atomic mass is 16.6. The third-order valence-corrected chi connectivity index (χ3v) is 2.60. The Labute approximate surface area is 116 Å². The monoisotopic (exact) mass is 280 g/mol. The number of carboxylic acid groups (broad SMARTS) is 1. The quantitative estimate of drug-likeness (QED) is 0.447. The third-order valence-electron chi connectivity index (χ3n) is 2.60. The van der Waals surface area contributed by atoms with Crippen LogP contribution in [-0.4, -0.2) is 36.2 Å². The van der Waals surface area contributed by atoms with Crippen molar-refractivity contribution in [1.29, 1.82) is 0 Å². The first-order valence-electron chi connectivity index (χ1n) is 6.02. The van der Waals surface area contributed by atoms with Gasteiger partial charge in [0.15, 0.2) is 0 Å². The Morgan fingerprint density at radius 3 is 2.60 bits per heavy atom. The lowest BCUT2D eigenvalue weighted by Gasteiger charge is -2.17. The van der Waals surface area contributed by atoms with Crippen molar-refractivity contribution in [3.05, 3.63) is 36.0 Å². The smallest absolute Gasteiger partial charge is 0.333 e. The molecule has 0 bridgehead atoms. The molecule has 0 aliphatic heterocycles. The zero-order valence-electron chi connectivity index (χ0n) is 11.1. The van der Waals surface area contributed by atoms with E-state index in [1.807, 2.05) is 0 Å². The molecule has 1 N–H and O–H groups in total. The summed E-state index contributed by atoms with van der Waals surface area (Å²) in [5, 5.41) is 8.97. The minimum absolute atomic E-state index is 0.00330. The van der Waals surface area contributed by atoms with Gasteiger partial charge in [-0.2, -0.15) is 0 Å². The molecule has 1 atom stereocenters. The van der Waals surface area contributed by atoms with E-state index in [1.54, 1.807) is 12.2 Å². The van der Waals surface area contributed by atoms with Crippen molar-refractivity contribution in [2.75, 3.05) is 13.2 Å². The normalized spacial score (nSPS) is 17.1. The lowest BCUT2D eigenvalue weighted by Crippen LogP contribution is -2.26. The second-order valence-electron chi connectivity index (χ2n) is 4.23. The number of ether oxygens (including phenoxy) is 2. The molecular weight excluding hydrogens is 264 g/mol. The molecule has 1 aliphatic carbocycles. The Morgan fingerprint density at radius 1 is 1.35 bits per heavy atom. The molecular formula is C14H16O6. The van der Waals surface area contributed by atoms with Crippen LogP contribution in [-0.2, 0) is 23.9 Å². The van der Waals surface area contributed by atoms with Crippen molar-refractivity contribution in [3.63, 3.8) is 0 Å². The fourth-order valence-electron chi connectivity index (χ4n) is 1.57. The molecule has 0 fully saturated rings. The number of allylic oxidation sites excluding steroid dienone is 3. The van der Waals surface area contributed by atoms with Crippen LogP contribution in [0.4, 0.5) is 0 Å². The summed E-state index contributed by atoms with van der Waals surface area (Å²) < 4.78 is 9.66. The fourth-order valence-corrected chi connectivity index (χ4v) is 1.57. The van der Waals surface area contributed by atoms with Crippen LogP contribution >= 0.6 is 0 Å². The van der Waals surface area contributed by atoms with Gasteiger partial charge in [0, 0.05) is 5.57 Å². The summed E-state index contributed by atoms with van der Waals surface area (Å²) in [5.41, 5.74) is 0.251. The van der Waals surface area contributed by atoms with Gasteiger partial charge in [-0.15, -0.1) is 0 Å². The van der Waals surface area contributed by atoms with Gasteiger partial charge in [0.1, 0.15) is 13.2 Å². The van der Waals surface area contributed by atoms with Crippen molar-refractivity contribution < 1.29 is 29.0 Å². The van der Waals surface area contributed by atoms with E-state index >= 15 is 0 Å². The first-order valence-corrected chi connectivity index (χ1v) is 6.02. The van der Waals surface area contributed by atoms with Crippen LogP contribution in [0.25, 0.3) is 0 Å². The van der Waals surface area contributed by atoms with Crippen molar-refractivity contribution in [2.45, 2.75) is 13.3 Å². The van der Waals surface area contributed by atoms with E-state index < -0.39 is 23.8 Å². The molecule has 1 unspecified atom stereocenters. The van der Waals surface area contributed by atoms with Crippen molar-refractivity contribution in [1.82, 2.24) is 0 Å². The zero-order valence-corrected chi connectivity index (χ0v) is 11.1. The molecule has 0 heterocycles. The van der Waals surface area contributed by atoms with Gasteiger partial charge in [0.2, 0.25) is 0 Å². The average molecular weight is 280 g/mol. The van der Waals surface area contributed by atoms with Crippen LogP contribution < -0.4 is 0 Å². The minimum atomic E-state index is -1.15. The van der Waals surface area contributed by atoms with Crippen LogP contribution in [0.1, 0.15) is 13.3 Å². The lowest BCUT2D eigenvalue weighted by molar-refractivity contribution is -0.153. The van der Waals surface area contributed by atoms with Gasteiger partial charge in [-0.1, -0.05) is 24.8 Å². The molecule has 0 spiro atoms. The van der Waals surface area contributed by atoms with Gasteiger partial charge in [-0.3, -0.25) is 4.79 Å². The second kappa shape index (κ2) is 7.28. The van der Waals surface area contributed by atoms with Crippen LogP contribution in [0, 0.1) is 5.92 Å². The van der Waals surface area contributed by atoms with E-state index in [0.29, 0.717) is 0 Å². The van der Waals surface area contributed by atoms with Gasteiger partial charge in [0.25, 0.3) is 0 Å².